The maximum Gasteiger partial charge on any atom is 0.248 e. The first kappa shape index (κ1) is 20.3. The smallest absolute Gasteiger partial charge is 0.248 e. The van der Waals surface area contributed by atoms with Gasteiger partial charge in [0, 0.05) is 25.8 Å². The predicted octanol–water partition coefficient (Wildman–Crippen LogP) is 4.28. The fourth-order valence-electron chi connectivity index (χ4n) is 3.90. The SMILES string of the molecule is O=C(COCc1cc(-c2cccs2)on1)N(C[C@H]1CC=CCC1)C[C@H]1CCCO1. The van der Waals surface area contributed by atoms with Crippen LogP contribution < -0.4 is 0 Å². The first-order chi connectivity index (χ1) is 14.3. The van der Waals surface area contributed by atoms with Crippen LogP contribution in [-0.2, 0) is 20.9 Å². The van der Waals surface area contributed by atoms with Gasteiger partial charge in [-0.05, 0) is 49.5 Å². The number of carbonyl (C=O) groups excluding carboxylic acids is 1. The molecular weight excluding hydrogens is 388 g/mol. The number of thiophene rings is 1. The molecule has 1 saturated heterocycles. The molecule has 7 heteroatoms. The summed E-state index contributed by atoms with van der Waals surface area (Å²) in [6.07, 6.45) is 10.00. The van der Waals surface area contributed by atoms with Gasteiger partial charge in [-0.3, -0.25) is 4.79 Å². The van der Waals surface area contributed by atoms with Gasteiger partial charge in [0.1, 0.15) is 12.3 Å². The van der Waals surface area contributed by atoms with Crippen LogP contribution in [0.25, 0.3) is 10.6 Å². The van der Waals surface area contributed by atoms with Gasteiger partial charge in [0.2, 0.25) is 5.91 Å². The molecule has 0 bridgehead atoms. The van der Waals surface area contributed by atoms with Crippen LogP contribution in [0.2, 0.25) is 0 Å². The van der Waals surface area contributed by atoms with E-state index in [1.54, 1.807) is 11.3 Å². The van der Waals surface area contributed by atoms with Crippen LogP contribution in [-0.4, -0.2) is 48.4 Å². The number of rotatable bonds is 9. The van der Waals surface area contributed by atoms with Crippen molar-refractivity contribution in [1.29, 1.82) is 0 Å². The molecule has 0 spiro atoms. The molecule has 0 aromatic carbocycles. The molecule has 2 atom stereocenters. The molecule has 3 heterocycles. The van der Waals surface area contributed by atoms with E-state index in [0.717, 1.165) is 55.9 Å². The van der Waals surface area contributed by atoms with E-state index in [1.807, 2.05) is 28.5 Å². The number of hydrogen-bond donors (Lipinski definition) is 0. The Kier molecular flexibility index (Phi) is 7.14. The van der Waals surface area contributed by atoms with Crippen LogP contribution in [0, 0.1) is 5.92 Å². The van der Waals surface area contributed by atoms with Crippen LogP contribution in [0.1, 0.15) is 37.8 Å². The number of carbonyl (C=O) groups is 1. The Morgan fingerprint density at radius 2 is 2.28 bits per heavy atom. The fraction of sp³-hybridized carbons (Fsp3) is 0.545. The van der Waals surface area contributed by atoms with E-state index in [2.05, 4.69) is 17.3 Å². The lowest BCUT2D eigenvalue weighted by atomic mass is 9.94. The van der Waals surface area contributed by atoms with Crippen molar-refractivity contribution in [2.75, 3.05) is 26.3 Å². The monoisotopic (exact) mass is 416 g/mol. The van der Waals surface area contributed by atoms with E-state index in [9.17, 15) is 4.79 Å². The van der Waals surface area contributed by atoms with Crippen LogP contribution in [0.4, 0.5) is 0 Å². The lowest BCUT2D eigenvalue weighted by Crippen LogP contribution is -2.42. The number of amides is 1. The third-order valence-corrected chi connectivity index (χ3v) is 6.34. The lowest BCUT2D eigenvalue weighted by Gasteiger charge is -2.30. The van der Waals surface area contributed by atoms with Crippen LogP contribution in [0.15, 0.2) is 40.3 Å². The number of ether oxygens (including phenoxy) is 2. The third kappa shape index (κ3) is 5.78. The summed E-state index contributed by atoms with van der Waals surface area (Å²) in [4.78, 5) is 15.8. The minimum absolute atomic E-state index is 0.0250. The van der Waals surface area contributed by atoms with E-state index in [-0.39, 0.29) is 25.2 Å². The molecule has 1 amide bonds. The number of nitrogens with zero attached hydrogens (tertiary/aromatic N) is 2. The Bertz CT molecular complexity index is 796. The molecule has 0 saturated carbocycles. The highest BCUT2D eigenvalue weighted by atomic mass is 32.1. The molecule has 4 rings (SSSR count). The van der Waals surface area contributed by atoms with E-state index < -0.39 is 0 Å². The number of allylic oxidation sites excluding steroid dienone is 2. The topological polar surface area (TPSA) is 64.8 Å². The van der Waals surface area contributed by atoms with Gasteiger partial charge in [0.15, 0.2) is 5.76 Å². The molecule has 0 N–H and O–H groups in total. The Morgan fingerprint density at radius 1 is 1.31 bits per heavy atom. The van der Waals surface area contributed by atoms with Gasteiger partial charge in [0.05, 0.1) is 17.6 Å². The Hall–Kier alpha value is -1.96. The molecule has 1 aliphatic heterocycles. The third-order valence-electron chi connectivity index (χ3n) is 5.46. The van der Waals surface area contributed by atoms with E-state index in [4.69, 9.17) is 14.0 Å². The minimum atomic E-state index is 0.0250. The summed E-state index contributed by atoms with van der Waals surface area (Å²) in [5.74, 6) is 1.28. The van der Waals surface area contributed by atoms with Crippen molar-refractivity contribution in [2.45, 2.75) is 44.8 Å². The Labute approximate surface area is 175 Å². The van der Waals surface area contributed by atoms with Gasteiger partial charge in [-0.1, -0.05) is 23.4 Å². The Balaban J connectivity index is 1.29. The number of aromatic nitrogens is 1. The maximum atomic E-state index is 12.9. The van der Waals surface area contributed by atoms with Crippen LogP contribution in [0.3, 0.4) is 0 Å². The highest BCUT2D eigenvalue weighted by Crippen LogP contribution is 2.25. The largest absolute Gasteiger partial charge is 0.376 e. The van der Waals surface area contributed by atoms with Gasteiger partial charge < -0.3 is 18.9 Å². The van der Waals surface area contributed by atoms with Gasteiger partial charge in [-0.15, -0.1) is 11.3 Å². The molecule has 156 valence electrons. The van der Waals surface area contributed by atoms with Crippen molar-refractivity contribution < 1.29 is 18.8 Å². The molecule has 2 aromatic heterocycles. The standard InChI is InChI=1S/C22H28N2O4S/c25-22(16-26-15-18-12-20(28-23-18)21-9-5-11-29-21)24(14-19-8-4-10-27-19)13-17-6-2-1-3-7-17/h1-2,5,9,11-12,17,19H,3-4,6-8,10,13-16H2/t17-,19+/m0/s1. The predicted molar refractivity (Wildman–Crippen MR) is 112 cm³/mol. The molecule has 1 fully saturated rings. The summed E-state index contributed by atoms with van der Waals surface area (Å²) >= 11 is 1.60. The molecule has 29 heavy (non-hydrogen) atoms. The molecule has 0 radical (unpaired) electrons. The van der Waals surface area contributed by atoms with E-state index in [0.29, 0.717) is 18.2 Å². The maximum absolute atomic E-state index is 12.9. The zero-order valence-corrected chi connectivity index (χ0v) is 17.4. The highest BCUT2D eigenvalue weighted by molar-refractivity contribution is 7.13. The first-order valence-corrected chi connectivity index (χ1v) is 11.3. The number of hydrogen-bond acceptors (Lipinski definition) is 6. The van der Waals surface area contributed by atoms with Gasteiger partial charge in [-0.25, -0.2) is 0 Å². The van der Waals surface area contributed by atoms with Gasteiger partial charge in [-0.2, -0.15) is 0 Å². The summed E-state index contributed by atoms with van der Waals surface area (Å²) < 4.78 is 16.8. The van der Waals surface area contributed by atoms with Gasteiger partial charge >= 0.3 is 0 Å². The summed E-state index contributed by atoms with van der Waals surface area (Å²) in [5, 5.41) is 6.04. The molecule has 6 nitrogen and oxygen atoms in total. The van der Waals surface area contributed by atoms with Crippen molar-refractivity contribution in [3.05, 3.63) is 41.4 Å². The molecule has 0 unspecified atom stereocenters. The van der Waals surface area contributed by atoms with Crippen LogP contribution >= 0.6 is 11.3 Å². The average molecular weight is 417 g/mol. The summed E-state index contributed by atoms with van der Waals surface area (Å²) in [6, 6.07) is 5.83. The van der Waals surface area contributed by atoms with Gasteiger partial charge in [0.25, 0.3) is 0 Å². The average Bonchev–Trinajstić information content (AvgIpc) is 3.50. The second kappa shape index (κ2) is 10.2. The second-order valence-electron chi connectivity index (χ2n) is 7.74. The highest BCUT2D eigenvalue weighted by Gasteiger charge is 2.25. The fourth-order valence-corrected chi connectivity index (χ4v) is 4.57. The zero-order chi connectivity index (χ0) is 19.9. The normalized spacial score (nSPS) is 21.5. The lowest BCUT2D eigenvalue weighted by molar-refractivity contribution is -0.139. The van der Waals surface area contributed by atoms with Crippen molar-refractivity contribution >= 4 is 17.2 Å². The molecule has 2 aliphatic rings. The van der Waals surface area contributed by atoms with Crippen molar-refractivity contribution in [3.8, 4) is 10.6 Å². The van der Waals surface area contributed by atoms with Crippen LogP contribution in [0.5, 0.6) is 0 Å². The summed E-state index contributed by atoms with van der Waals surface area (Å²) in [7, 11) is 0. The molecule has 2 aromatic rings. The minimum Gasteiger partial charge on any atom is -0.376 e. The van der Waals surface area contributed by atoms with E-state index in [1.165, 1.54) is 0 Å². The van der Waals surface area contributed by atoms with Crippen molar-refractivity contribution in [1.82, 2.24) is 10.1 Å². The summed E-state index contributed by atoms with van der Waals surface area (Å²) in [5.41, 5.74) is 0.698. The first-order valence-electron chi connectivity index (χ1n) is 10.4. The molecular formula is C22H28N2O4S. The Morgan fingerprint density at radius 3 is 3.03 bits per heavy atom. The quantitative estimate of drug-likeness (QED) is 0.571. The van der Waals surface area contributed by atoms with Crippen molar-refractivity contribution in [3.63, 3.8) is 0 Å². The molecule has 1 aliphatic carbocycles. The van der Waals surface area contributed by atoms with Crippen molar-refractivity contribution in [2.24, 2.45) is 5.92 Å². The zero-order valence-electron chi connectivity index (χ0n) is 16.6. The second-order valence-corrected chi connectivity index (χ2v) is 8.68. The summed E-state index contributed by atoms with van der Waals surface area (Å²) in [6.45, 7) is 2.55. The van der Waals surface area contributed by atoms with E-state index >= 15 is 0 Å².